The van der Waals surface area contributed by atoms with E-state index in [2.05, 4.69) is 21.2 Å². The zero-order valence-electron chi connectivity index (χ0n) is 11.6. The Kier molecular flexibility index (Phi) is 4.98. The maximum atomic E-state index is 13.4. The molecule has 1 aromatic carbocycles. The Morgan fingerprint density at radius 1 is 1.38 bits per heavy atom. The lowest BCUT2D eigenvalue weighted by Crippen LogP contribution is -2.30. The Hall–Kier alpha value is -1.43. The molecule has 6 heteroatoms. The van der Waals surface area contributed by atoms with Crippen LogP contribution in [0.5, 0.6) is 0 Å². The van der Waals surface area contributed by atoms with Crippen LogP contribution in [0.15, 0.2) is 22.7 Å². The molecule has 1 aromatic rings. The number of benzene rings is 1. The van der Waals surface area contributed by atoms with Gasteiger partial charge in [0.2, 0.25) is 5.91 Å². The van der Waals surface area contributed by atoms with Crippen LogP contribution in [0.1, 0.15) is 26.2 Å². The summed E-state index contributed by atoms with van der Waals surface area (Å²) in [4.78, 5) is 23.6. The molecule has 0 spiro atoms. The van der Waals surface area contributed by atoms with Crippen molar-refractivity contribution in [1.29, 1.82) is 0 Å². The number of halogens is 2. The second kappa shape index (κ2) is 6.56. The molecule has 1 amide bonds. The number of anilines is 1. The van der Waals surface area contributed by atoms with E-state index < -0.39 is 23.6 Å². The van der Waals surface area contributed by atoms with Gasteiger partial charge in [-0.1, -0.05) is 13.3 Å². The van der Waals surface area contributed by atoms with Crippen molar-refractivity contribution in [2.24, 2.45) is 17.8 Å². The Labute approximate surface area is 130 Å². The number of carboxylic acids is 1. The molecule has 0 aromatic heterocycles. The summed E-state index contributed by atoms with van der Waals surface area (Å²) in [5.41, 5.74) is 0.338. The van der Waals surface area contributed by atoms with E-state index >= 15 is 0 Å². The standard InChI is InChI=1S/C15H17BrFNO3/c1-2-8-5-10(11(6-8)15(20)21)14(19)18-9-3-4-12(16)13(17)7-9/h3-4,7-8,10-11H,2,5-6H2,1H3,(H,18,19)(H,20,21)/t8?,10-,11+/m0/s1. The zero-order chi connectivity index (χ0) is 15.6. The topological polar surface area (TPSA) is 66.4 Å². The third-order valence-electron chi connectivity index (χ3n) is 4.08. The average molecular weight is 358 g/mol. The first-order chi connectivity index (χ1) is 9.92. The summed E-state index contributed by atoms with van der Waals surface area (Å²) in [6.07, 6.45) is 1.96. The van der Waals surface area contributed by atoms with Gasteiger partial charge in [-0.15, -0.1) is 0 Å². The lowest BCUT2D eigenvalue weighted by atomic mass is 9.95. The van der Waals surface area contributed by atoms with E-state index in [0.29, 0.717) is 23.0 Å². The van der Waals surface area contributed by atoms with E-state index in [4.69, 9.17) is 0 Å². The molecule has 114 valence electrons. The third kappa shape index (κ3) is 3.61. The first-order valence-electron chi connectivity index (χ1n) is 6.91. The number of hydrogen-bond donors (Lipinski definition) is 2. The first kappa shape index (κ1) is 15.9. The molecule has 1 unspecified atom stereocenters. The SMILES string of the molecule is CCC1C[C@H](C(=O)Nc2ccc(Br)c(F)c2)[C@H](C(=O)O)C1. The molecule has 21 heavy (non-hydrogen) atoms. The summed E-state index contributed by atoms with van der Waals surface area (Å²) in [6.45, 7) is 1.99. The Balaban J connectivity index is 2.11. The molecule has 0 radical (unpaired) electrons. The summed E-state index contributed by atoms with van der Waals surface area (Å²) in [5.74, 6) is -2.72. The van der Waals surface area contributed by atoms with Crippen molar-refractivity contribution < 1.29 is 19.1 Å². The highest BCUT2D eigenvalue weighted by Gasteiger charge is 2.42. The highest BCUT2D eigenvalue weighted by Crippen LogP contribution is 2.39. The van der Waals surface area contributed by atoms with E-state index in [1.54, 1.807) is 6.07 Å². The molecule has 2 N–H and O–H groups in total. The molecule has 0 bridgehead atoms. The van der Waals surface area contributed by atoms with Gasteiger partial charge in [-0.2, -0.15) is 0 Å². The highest BCUT2D eigenvalue weighted by molar-refractivity contribution is 9.10. The molecule has 1 fully saturated rings. The van der Waals surface area contributed by atoms with E-state index in [1.165, 1.54) is 12.1 Å². The van der Waals surface area contributed by atoms with Crippen LogP contribution in [0.25, 0.3) is 0 Å². The number of amides is 1. The van der Waals surface area contributed by atoms with Crippen LogP contribution in [-0.4, -0.2) is 17.0 Å². The smallest absolute Gasteiger partial charge is 0.307 e. The maximum absolute atomic E-state index is 13.4. The molecule has 2 rings (SSSR count). The van der Waals surface area contributed by atoms with Crippen molar-refractivity contribution in [2.75, 3.05) is 5.32 Å². The summed E-state index contributed by atoms with van der Waals surface area (Å²) in [7, 11) is 0. The number of carbonyl (C=O) groups is 2. The number of hydrogen-bond acceptors (Lipinski definition) is 2. The largest absolute Gasteiger partial charge is 0.481 e. The highest BCUT2D eigenvalue weighted by atomic mass is 79.9. The first-order valence-corrected chi connectivity index (χ1v) is 7.70. The van der Waals surface area contributed by atoms with Crippen molar-refractivity contribution in [3.63, 3.8) is 0 Å². The van der Waals surface area contributed by atoms with Crippen LogP contribution in [0.3, 0.4) is 0 Å². The summed E-state index contributed by atoms with van der Waals surface area (Å²) >= 11 is 3.04. The third-order valence-corrected chi connectivity index (χ3v) is 4.72. The molecular formula is C15H17BrFNO3. The normalized spacial score (nSPS) is 24.8. The molecule has 0 saturated heterocycles. The molecule has 0 heterocycles. The zero-order valence-corrected chi connectivity index (χ0v) is 13.2. The van der Waals surface area contributed by atoms with Gasteiger partial charge in [0.1, 0.15) is 5.82 Å². The number of carboxylic acid groups (broad SMARTS) is 1. The summed E-state index contributed by atoms with van der Waals surface area (Å²) < 4.78 is 13.8. The molecule has 4 nitrogen and oxygen atoms in total. The van der Waals surface area contributed by atoms with Crippen molar-refractivity contribution >= 4 is 33.5 Å². The van der Waals surface area contributed by atoms with Gasteiger partial charge in [0, 0.05) is 5.69 Å². The van der Waals surface area contributed by atoms with Gasteiger partial charge in [-0.3, -0.25) is 9.59 Å². The second-order valence-electron chi connectivity index (χ2n) is 5.42. The molecule has 1 aliphatic carbocycles. The minimum atomic E-state index is -0.937. The van der Waals surface area contributed by atoms with E-state index in [0.717, 1.165) is 6.42 Å². The van der Waals surface area contributed by atoms with Crippen LogP contribution >= 0.6 is 15.9 Å². The van der Waals surface area contributed by atoms with Gasteiger partial charge in [-0.05, 0) is 52.9 Å². The fourth-order valence-corrected chi connectivity index (χ4v) is 3.09. The molecule has 1 saturated carbocycles. The number of carbonyl (C=O) groups excluding carboxylic acids is 1. The van der Waals surface area contributed by atoms with Crippen LogP contribution in [0.2, 0.25) is 0 Å². The molecule has 0 aliphatic heterocycles. The fraction of sp³-hybridized carbons (Fsp3) is 0.467. The van der Waals surface area contributed by atoms with Gasteiger partial charge in [0.15, 0.2) is 0 Å². The van der Waals surface area contributed by atoms with E-state index in [1.807, 2.05) is 6.92 Å². The summed E-state index contributed by atoms with van der Waals surface area (Å²) in [6, 6.07) is 4.29. The maximum Gasteiger partial charge on any atom is 0.307 e. The van der Waals surface area contributed by atoms with Gasteiger partial charge in [-0.25, -0.2) is 4.39 Å². The molecular weight excluding hydrogens is 341 g/mol. The minimum absolute atomic E-state index is 0.253. The number of nitrogens with one attached hydrogen (secondary N) is 1. The van der Waals surface area contributed by atoms with Gasteiger partial charge in [0.05, 0.1) is 16.3 Å². The van der Waals surface area contributed by atoms with Crippen LogP contribution in [0, 0.1) is 23.6 Å². The predicted octanol–water partition coefficient (Wildman–Crippen LogP) is 3.66. The van der Waals surface area contributed by atoms with E-state index in [-0.39, 0.29) is 11.8 Å². The monoisotopic (exact) mass is 357 g/mol. The lowest BCUT2D eigenvalue weighted by Gasteiger charge is -2.15. The second-order valence-corrected chi connectivity index (χ2v) is 6.27. The van der Waals surface area contributed by atoms with Gasteiger partial charge < -0.3 is 10.4 Å². The number of rotatable bonds is 4. The number of aliphatic carboxylic acids is 1. The van der Waals surface area contributed by atoms with Crippen LogP contribution in [0.4, 0.5) is 10.1 Å². The van der Waals surface area contributed by atoms with Crippen molar-refractivity contribution in [3.8, 4) is 0 Å². The Morgan fingerprint density at radius 3 is 2.62 bits per heavy atom. The fourth-order valence-electron chi connectivity index (χ4n) is 2.85. The van der Waals surface area contributed by atoms with Crippen molar-refractivity contribution in [3.05, 3.63) is 28.5 Å². The molecule has 1 aliphatic rings. The van der Waals surface area contributed by atoms with Gasteiger partial charge >= 0.3 is 5.97 Å². The van der Waals surface area contributed by atoms with Crippen LogP contribution < -0.4 is 5.32 Å². The lowest BCUT2D eigenvalue weighted by molar-refractivity contribution is -0.145. The van der Waals surface area contributed by atoms with E-state index in [9.17, 15) is 19.1 Å². The van der Waals surface area contributed by atoms with Crippen molar-refractivity contribution in [1.82, 2.24) is 0 Å². The Morgan fingerprint density at radius 2 is 2.05 bits per heavy atom. The Bertz CT molecular complexity index is 564. The van der Waals surface area contributed by atoms with Gasteiger partial charge in [0.25, 0.3) is 0 Å². The quantitative estimate of drug-likeness (QED) is 0.863. The van der Waals surface area contributed by atoms with Crippen LogP contribution in [-0.2, 0) is 9.59 Å². The van der Waals surface area contributed by atoms with Crippen molar-refractivity contribution in [2.45, 2.75) is 26.2 Å². The minimum Gasteiger partial charge on any atom is -0.481 e. The predicted molar refractivity (Wildman–Crippen MR) is 80.4 cm³/mol. The molecule has 3 atom stereocenters. The summed E-state index contributed by atoms with van der Waals surface area (Å²) in [5, 5.41) is 11.9. The average Bonchev–Trinajstić information content (AvgIpc) is 2.87.